The van der Waals surface area contributed by atoms with Gasteiger partial charge in [0.15, 0.2) is 0 Å². The Morgan fingerprint density at radius 3 is 2.59 bits per heavy atom. The lowest BCUT2D eigenvalue weighted by Crippen LogP contribution is -2.49. The molecule has 1 spiro atoms. The van der Waals surface area contributed by atoms with Gasteiger partial charge in [-0.3, -0.25) is 9.59 Å². The number of hydrogen-bond donors (Lipinski definition) is 3. The maximum Gasteiger partial charge on any atom is 0.242 e. The summed E-state index contributed by atoms with van der Waals surface area (Å²) in [6, 6.07) is 13.5. The highest BCUT2D eigenvalue weighted by Gasteiger charge is 2.66. The minimum Gasteiger partial charge on any atom is -0.494 e. The fourth-order valence-electron chi connectivity index (χ4n) is 7.20. The molecule has 3 aliphatic heterocycles. The number of ether oxygens (including phenoxy) is 3. The van der Waals surface area contributed by atoms with Crippen LogP contribution in [0.25, 0.3) is 0 Å². The van der Waals surface area contributed by atoms with Crippen molar-refractivity contribution in [3.63, 3.8) is 0 Å². The first kappa shape index (κ1) is 32.6. The third-order valence-corrected chi connectivity index (χ3v) is 9.65. The van der Waals surface area contributed by atoms with Gasteiger partial charge in [0.1, 0.15) is 28.8 Å². The average molecular weight is 671 g/mol. The first-order valence-electron chi connectivity index (χ1n) is 15.5. The van der Waals surface area contributed by atoms with E-state index >= 15 is 4.39 Å². The monoisotopic (exact) mass is 669 g/mol. The molecule has 3 aromatic rings. The molecule has 3 aromatic carbocycles. The smallest absolute Gasteiger partial charge is 0.242 e. The quantitative estimate of drug-likeness (QED) is 0.249. The van der Waals surface area contributed by atoms with E-state index in [1.807, 2.05) is 0 Å². The van der Waals surface area contributed by atoms with E-state index in [0.29, 0.717) is 53.1 Å². The van der Waals surface area contributed by atoms with Crippen LogP contribution in [0.1, 0.15) is 57.1 Å². The Bertz CT molecular complexity index is 1660. The first-order valence-corrected chi connectivity index (χ1v) is 16.2. The fourth-order valence-corrected chi connectivity index (χ4v) is 7.55. The van der Waals surface area contributed by atoms with E-state index in [2.05, 4.69) is 36.7 Å². The Balaban J connectivity index is 1.43. The third-order valence-electron chi connectivity index (χ3n) is 9.12. The van der Waals surface area contributed by atoms with Crippen LogP contribution in [0.3, 0.4) is 0 Å². The molecular formula is C35H38Cl2FN3O5. The molecule has 8 nitrogen and oxygen atoms in total. The van der Waals surface area contributed by atoms with E-state index in [4.69, 9.17) is 37.4 Å². The van der Waals surface area contributed by atoms with Crippen molar-refractivity contribution in [2.45, 2.75) is 69.6 Å². The highest BCUT2D eigenvalue weighted by Crippen LogP contribution is 2.57. The van der Waals surface area contributed by atoms with Crippen molar-refractivity contribution in [2.75, 3.05) is 31.0 Å². The minimum atomic E-state index is -1.35. The fraction of sp³-hybridized carbons (Fsp3) is 0.429. The third kappa shape index (κ3) is 5.94. The van der Waals surface area contributed by atoms with Gasteiger partial charge in [-0.25, -0.2) is 4.39 Å². The summed E-state index contributed by atoms with van der Waals surface area (Å²) in [5.41, 5.74) is 0.152. The van der Waals surface area contributed by atoms with Gasteiger partial charge >= 0.3 is 0 Å². The zero-order chi connectivity index (χ0) is 32.8. The number of carbonyl (C=O) groups excluding carboxylic acids is 2. The molecule has 244 valence electrons. The molecule has 2 fully saturated rings. The largest absolute Gasteiger partial charge is 0.494 e. The van der Waals surface area contributed by atoms with E-state index in [1.165, 1.54) is 13.2 Å². The van der Waals surface area contributed by atoms with Crippen LogP contribution in [0.4, 0.5) is 15.8 Å². The molecule has 1 unspecified atom stereocenters. The summed E-state index contributed by atoms with van der Waals surface area (Å²) in [7, 11) is 1.51. The molecule has 0 bridgehead atoms. The van der Waals surface area contributed by atoms with Gasteiger partial charge in [-0.1, -0.05) is 62.2 Å². The van der Waals surface area contributed by atoms with Crippen molar-refractivity contribution in [3.8, 4) is 11.5 Å². The summed E-state index contributed by atoms with van der Waals surface area (Å²) in [6.45, 7) is 7.48. The standard InChI is InChI=1S/C35H38Cl2FN3O5/c1-34(2,3)18-28-35(23-10-8-19(36)16-26(23)40-33(35)43)29(22-6-5-7-24(37)30(22)38)31(41-28)32(42)39-25-11-9-21(17-27(25)44-4)46-20-12-14-45-15-13-20/h5-11,16-17,20,28-29,31,41H,12-15,18H2,1-4H3,(H,39,42)(H,40,43)/t28-,29+,31+,35?/m0/s1. The number of fused-ring (bicyclic) bond motifs is 2. The summed E-state index contributed by atoms with van der Waals surface area (Å²) in [5, 5.41) is 9.84. The lowest BCUT2D eigenvalue weighted by molar-refractivity contribution is -0.122. The molecule has 0 aliphatic carbocycles. The van der Waals surface area contributed by atoms with E-state index in [0.717, 1.165) is 12.8 Å². The molecule has 2 amide bonds. The molecule has 3 aliphatic rings. The van der Waals surface area contributed by atoms with Gasteiger partial charge in [0.2, 0.25) is 11.8 Å². The average Bonchev–Trinajstić information content (AvgIpc) is 3.48. The Kier molecular flexibility index (Phi) is 8.97. The Hall–Kier alpha value is -3.37. The number of hydrogen-bond acceptors (Lipinski definition) is 6. The molecular weight excluding hydrogens is 632 g/mol. The lowest BCUT2D eigenvalue weighted by atomic mass is 9.62. The van der Waals surface area contributed by atoms with E-state index < -0.39 is 35.1 Å². The second-order valence-corrected chi connectivity index (χ2v) is 14.2. The maximum absolute atomic E-state index is 16.1. The number of carbonyl (C=O) groups is 2. The second-order valence-electron chi connectivity index (χ2n) is 13.4. The van der Waals surface area contributed by atoms with Crippen molar-refractivity contribution >= 4 is 46.4 Å². The molecule has 6 rings (SSSR count). The zero-order valence-electron chi connectivity index (χ0n) is 26.2. The maximum atomic E-state index is 16.1. The van der Waals surface area contributed by atoms with Gasteiger partial charge in [-0.2, -0.15) is 0 Å². The molecule has 0 saturated carbocycles. The van der Waals surface area contributed by atoms with Crippen LogP contribution >= 0.6 is 23.2 Å². The minimum absolute atomic E-state index is 0.0289. The van der Waals surface area contributed by atoms with Crippen LogP contribution in [-0.2, 0) is 19.7 Å². The van der Waals surface area contributed by atoms with Crippen LogP contribution in [-0.4, -0.2) is 50.3 Å². The molecule has 0 aromatic heterocycles. The van der Waals surface area contributed by atoms with Crippen LogP contribution in [0, 0.1) is 11.2 Å². The highest BCUT2D eigenvalue weighted by molar-refractivity contribution is 6.31. The number of anilines is 2. The SMILES string of the molecule is COc1cc(OC2CCOCC2)ccc1NC(=O)[C@@H]1N[C@@H](CC(C)(C)C)C2(C(=O)Nc3cc(Cl)ccc32)[C@@H]1c1cccc(Cl)c1F. The van der Waals surface area contributed by atoms with Crippen molar-refractivity contribution in [1.29, 1.82) is 0 Å². The van der Waals surface area contributed by atoms with Crippen molar-refractivity contribution in [1.82, 2.24) is 5.32 Å². The number of rotatable bonds is 7. The summed E-state index contributed by atoms with van der Waals surface area (Å²) in [5.74, 6) is -1.41. The highest BCUT2D eigenvalue weighted by atomic mass is 35.5. The van der Waals surface area contributed by atoms with Crippen LogP contribution in [0.2, 0.25) is 10.0 Å². The van der Waals surface area contributed by atoms with Crippen molar-refractivity contribution < 1.29 is 28.2 Å². The molecule has 3 heterocycles. The summed E-state index contributed by atoms with van der Waals surface area (Å²) in [4.78, 5) is 28.8. The van der Waals surface area contributed by atoms with Gasteiger partial charge in [-0.15, -0.1) is 0 Å². The number of benzene rings is 3. The van der Waals surface area contributed by atoms with Gasteiger partial charge in [0.25, 0.3) is 0 Å². The molecule has 46 heavy (non-hydrogen) atoms. The van der Waals surface area contributed by atoms with E-state index in [1.54, 1.807) is 48.5 Å². The van der Waals surface area contributed by atoms with Gasteiger partial charge in [0.05, 0.1) is 37.1 Å². The molecule has 0 radical (unpaired) electrons. The van der Waals surface area contributed by atoms with Gasteiger partial charge in [0, 0.05) is 41.6 Å². The van der Waals surface area contributed by atoms with Gasteiger partial charge in [-0.05, 0) is 53.3 Å². The van der Waals surface area contributed by atoms with E-state index in [-0.39, 0.29) is 28.0 Å². The van der Waals surface area contributed by atoms with Crippen LogP contribution < -0.4 is 25.4 Å². The van der Waals surface area contributed by atoms with E-state index in [9.17, 15) is 9.59 Å². The summed E-state index contributed by atoms with van der Waals surface area (Å²) < 4.78 is 33.3. The van der Waals surface area contributed by atoms with Crippen molar-refractivity contribution in [3.05, 3.63) is 81.6 Å². The van der Waals surface area contributed by atoms with Crippen molar-refractivity contribution in [2.24, 2.45) is 5.41 Å². The Morgan fingerprint density at radius 2 is 1.87 bits per heavy atom. The van der Waals surface area contributed by atoms with Gasteiger partial charge < -0.3 is 30.2 Å². The number of amides is 2. The zero-order valence-corrected chi connectivity index (χ0v) is 27.7. The molecule has 3 N–H and O–H groups in total. The Labute approximate surface area is 278 Å². The number of methoxy groups -OCH3 is 1. The predicted molar refractivity (Wildman–Crippen MR) is 177 cm³/mol. The lowest BCUT2D eigenvalue weighted by Gasteiger charge is -2.37. The predicted octanol–water partition coefficient (Wildman–Crippen LogP) is 7.09. The molecule has 4 atom stereocenters. The normalized spacial score (nSPS) is 24.5. The second kappa shape index (κ2) is 12.7. The van der Waals surface area contributed by atoms with Crippen LogP contribution in [0.5, 0.6) is 11.5 Å². The number of halogens is 3. The first-order chi connectivity index (χ1) is 21.9. The molecule has 11 heteroatoms. The summed E-state index contributed by atoms with van der Waals surface area (Å²) >= 11 is 12.7. The number of nitrogens with one attached hydrogen (secondary N) is 3. The molecule has 2 saturated heterocycles. The topological polar surface area (TPSA) is 97.9 Å². The summed E-state index contributed by atoms with van der Waals surface area (Å²) in [6.07, 6.45) is 2.11. The Morgan fingerprint density at radius 1 is 1.11 bits per heavy atom. The van der Waals surface area contributed by atoms with Crippen LogP contribution in [0.15, 0.2) is 54.6 Å².